The van der Waals surface area contributed by atoms with Crippen molar-refractivity contribution in [3.8, 4) is 0 Å². The first-order valence-corrected chi connectivity index (χ1v) is 7.61. The number of hydrogen-bond acceptors (Lipinski definition) is 3. The molecule has 104 valence electrons. The third-order valence-corrected chi connectivity index (χ3v) is 4.43. The molecule has 4 heteroatoms. The zero-order valence-corrected chi connectivity index (χ0v) is 12.8. The lowest BCUT2D eigenvalue weighted by Gasteiger charge is -2.39. The number of nitrogens with zero attached hydrogens (tertiary/aromatic N) is 2. The predicted molar refractivity (Wildman–Crippen MR) is 83.7 cm³/mol. The first-order chi connectivity index (χ1) is 9.67. The van der Waals surface area contributed by atoms with Crippen LogP contribution in [-0.4, -0.2) is 23.2 Å². The molecule has 0 unspecified atom stereocenters. The summed E-state index contributed by atoms with van der Waals surface area (Å²) >= 11 is 3.47. The van der Waals surface area contributed by atoms with E-state index in [1.807, 2.05) is 42.5 Å². The molecule has 0 spiro atoms. The van der Waals surface area contributed by atoms with E-state index in [9.17, 15) is 5.11 Å². The minimum Gasteiger partial charge on any atom is -0.385 e. The van der Waals surface area contributed by atoms with Crippen molar-refractivity contribution >= 4 is 21.7 Å². The molecule has 3 rings (SSSR count). The van der Waals surface area contributed by atoms with Crippen LogP contribution in [0.25, 0.3) is 0 Å². The fourth-order valence-corrected chi connectivity index (χ4v) is 3.03. The molecule has 3 nitrogen and oxygen atoms in total. The monoisotopic (exact) mass is 332 g/mol. The number of aliphatic hydroxyl groups is 1. The molecule has 0 amide bonds. The lowest BCUT2D eigenvalue weighted by atomic mass is 9.84. The third-order valence-electron chi connectivity index (χ3n) is 3.93. The maximum absolute atomic E-state index is 10.8. The summed E-state index contributed by atoms with van der Waals surface area (Å²) in [4.78, 5) is 6.62. The summed E-state index contributed by atoms with van der Waals surface area (Å²) < 4.78 is 1.03. The summed E-state index contributed by atoms with van der Waals surface area (Å²) in [6.07, 6.45) is 3.26. The van der Waals surface area contributed by atoms with Gasteiger partial charge in [0.05, 0.1) is 5.60 Å². The smallest absolute Gasteiger partial charge is 0.129 e. The average molecular weight is 333 g/mol. The fraction of sp³-hybridized carbons (Fsp3) is 0.312. The van der Waals surface area contributed by atoms with E-state index >= 15 is 0 Å². The highest BCUT2D eigenvalue weighted by atomic mass is 79.9. The van der Waals surface area contributed by atoms with Crippen molar-refractivity contribution in [1.29, 1.82) is 0 Å². The van der Waals surface area contributed by atoms with Crippen LogP contribution in [0, 0.1) is 0 Å². The molecular weight excluding hydrogens is 316 g/mol. The van der Waals surface area contributed by atoms with Crippen LogP contribution in [-0.2, 0) is 5.60 Å². The second kappa shape index (κ2) is 5.54. The van der Waals surface area contributed by atoms with Gasteiger partial charge in [-0.15, -0.1) is 0 Å². The summed E-state index contributed by atoms with van der Waals surface area (Å²) in [6, 6.07) is 13.9. The van der Waals surface area contributed by atoms with E-state index in [-0.39, 0.29) is 0 Å². The number of rotatable bonds is 2. The van der Waals surface area contributed by atoms with Crippen LogP contribution in [0.15, 0.2) is 53.1 Å². The van der Waals surface area contributed by atoms with Crippen LogP contribution in [0.5, 0.6) is 0 Å². The van der Waals surface area contributed by atoms with Crippen LogP contribution in [0.3, 0.4) is 0 Å². The number of aromatic nitrogens is 1. The predicted octanol–water partition coefficient (Wildman–Crippen LogP) is 3.33. The van der Waals surface area contributed by atoms with Gasteiger partial charge in [0.1, 0.15) is 5.82 Å². The average Bonchev–Trinajstić information content (AvgIpc) is 2.49. The molecule has 0 aliphatic carbocycles. The van der Waals surface area contributed by atoms with Crippen molar-refractivity contribution in [2.75, 3.05) is 18.0 Å². The molecule has 1 aromatic carbocycles. The van der Waals surface area contributed by atoms with Crippen molar-refractivity contribution in [2.45, 2.75) is 18.4 Å². The SMILES string of the molecule is OC1(c2ccccc2)CCN(c2cc(Br)ccn2)CC1. The van der Waals surface area contributed by atoms with Crippen LogP contribution in [0.2, 0.25) is 0 Å². The van der Waals surface area contributed by atoms with Gasteiger partial charge in [0.15, 0.2) is 0 Å². The number of hydrogen-bond donors (Lipinski definition) is 1. The second-order valence-electron chi connectivity index (χ2n) is 5.22. The Kier molecular flexibility index (Phi) is 3.76. The number of halogens is 1. The maximum Gasteiger partial charge on any atom is 0.129 e. The normalized spacial score (nSPS) is 18.0. The molecule has 0 saturated carbocycles. The van der Waals surface area contributed by atoms with Crippen LogP contribution in [0.4, 0.5) is 5.82 Å². The van der Waals surface area contributed by atoms with Crippen molar-refractivity contribution in [3.05, 3.63) is 58.7 Å². The molecule has 2 aromatic rings. The third kappa shape index (κ3) is 2.72. The maximum atomic E-state index is 10.8. The Hall–Kier alpha value is -1.39. The van der Waals surface area contributed by atoms with Gasteiger partial charge in [-0.05, 0) is 30.5 Å². The summed E-state index contributed by atoms with van der Waals surface area (Å²) in [5.74, 6) is 0.967. The highest BCUT2D eigenvalue weighted by molar-refractivity contribution is 9.10. The zero-order chi connectivity index (χ0) is 14.0. The van der Waals surface area contributed by atoms with Crippen molar-refractivity contribution < 1.29 is 5.11 Å². The lowest BCUT2D eigenvalue weighted by Crippen LogP contribution is -2.42. The Labute approximate surface area is 127 Å². The molecule has 20 heavy (non-hydrogen) atoms. The van der Waals surface area contributed by atoms with Gasteiger partial charge in [0.25, 0.3) is 0 Å². The van der Waals surface area contributed by atoms with E-state index in [2.05, 4.69) is 25.8 Å². The van der Waals surface area contributed by atoms with E-state index in [4.69, 9.17) is 0 Å². The van der Waals surface area contributed by atoms with Gasteiger partial charge in [0, 0.05) is 23.8 Å². The van der Waals surface area contributed by atoms with Crippen molar-refractivity contribution in [1.82, 2.24) is 4.98 Å². The number of anilines is 1. The molecule has 2 heterocycles. The molecule has 1 aliphatic rings. The molecule has 1 saturated heterocycles. The Morgan fingerprint density at radius 1 is 1.10 bits per heavy atom. The second-order valence-corrected chi connectivity index (χ2v) is 6.13. The van der Waals surface area contributed by atoms with E-state index in [1.165, 1.54) is 0 Å². The molecule has 1 aliphatic heterocycles. The molecule has 0 radical (unpaired) electrons. The van der Waals surface area contributed by atoms with Crippen LogP contribution < -0.4 is 4.90 Å². The highest BCUT2D eigenvalue weighted by Gasteiger charge is 2.34. The van der Waals surface area contributed by atoms with E-state index in [0.717, 1.165) is 41.8 Å². The van der Waals surface area contributed by atoms with Crippen molar-refractivity contribution in [3.63, 3.8) is 0 Å². The number of pyridine rings is 1. The zero-order valence-electron chi connectivity index (χ0n) is 11.2. The van der Waals surface area contributed by atoms with Crippen molar-refractivity contribution in [2.24, 2.45) is 0 Å². The number of piperidine rings is 1. The van der Waals surface area contributed by atoms with E-state index in [0.29, 0.717) is 0 Å². The summed E-state index contributed by atoms with van der Waals surface area (Å²) in [7, 11) is 0. The van der Waals surface area contributed by atoms with Gasteiger partial charge in [-0.3, -0.25) is 0 Å². The summed E-state index contributed by atoms with van der Waals surface area (Å²) in [5, 5.41) is 10.8. The van der Waals surface area contributed by atoms with Gasteiger partial charge >= 0.3 is 0 Å². The van der Waals surface area contributed by atoms with Gasteiger partial charge in [0.2, 0.25) is 0 Å². The molecule has 1 fully saturated rings. The molecule has 1 N–H and O–H groups in total. The molecule has 0 atom stereocenters. The Morgan fingerprint density at radius 2 is 1.80 bits per heavy atom. The van der Waals surface area contributed by atoms with Crippen LogP contribution >= 0.6 is 15.9 Å². The first-order valence-electron chi connectivity index (χ1n) is 6.82. The largest absolute Gasteiger partial charge is 0.385 e. The molecule has 1 aromatic heterocycles. The van der Waals surface area contributed by atoms with Gasteiger partial charge < -0.3 is 10.0 Å². The van der Waals surface area contributed by atoms with Gasteiger partial charge in [-0.25, -0.2) is 4.98 Å². The van der Waals surface area contributed by atoms with E-state index < -0.39 is 5.60 Å². The standard InChI is InChI=1S/C16H17BrN2O/c17-14-6-9-18-15(12-14)19-10-7-16(20,8-11-19)13-4-2-1-3-5-13/h1-6,9,12,20H,7-8,10-11H2. The van der Waals surface area contributed by atoms with E-state index in [1.54, 1.807) is 6.20 Å². The number of benzene rings is 1. The minimum atomic E-state index is -0.705. The quantitative estimate of drug-likeness (QED) is 0.916. The lowest BCUT2D eigenvalue weighted by molar-refractivity contribution is 0.0116. The fourth-order valence-electron chi connectivity index (χ4n) is 2.71. The highest BCUT2D eigenvalue weighted by Crippen LogP contribution is 2.34. The van der Waals surface area contributed by atoms with Gasteiger partial charge in [-0.1, -0.05) is 46.3 Å². The topological polar surface area (TPSA) is 36.4 Å². The molecular formula is C16H17BrN2O. The van der Waals surface area contributed by atoms with Crippen LogP contribution in [0.1, 0.15) is 18.4 Å². The summed E-state index contributed by atoms with van der Waals surface area (Å²) in [5.41, 5.74) is 0.311. The molecule has 0 bridgehead atoms. The Balaban J connectivity index is 1.74. The summed E-state index contributed by atoms with van der Waals surface area (Å²) in [6.45, 7) is 1.63. The van der Waals surface area contributed by atoms with Gasteiger partial charge in [-0.2, -0.15) is 0 Å². The Bertz CT molecular complexity index is 580. The minimum absolute atomic E-state index is 0.705. The first kappa shape index (κ1) is 13.6. The Morgan fingerprint density at radius 3 is 2.45 bits per heavy atom.